The van der Waals surface area contributed by atoms with Gasteiger partial charge in [0.05, 0.1) is 11.2 Å². The van der Waals surface area contributed by atoms with E-state index < -0.39 is 11.4 Å². The SMILES string of the molecule is CCn1cc(C(=O)O)c(=O)c2ccc(-c3ccnc(N)n3)cc21. The molecular formula is C16H14N4O3. The number of benzene rings is 1. The van der Waals surface area contributed by atoms with Gasteiger partial charge in [-0.1, -0.05) is 6.07 Å². The Bertz CT molecular complexity index is 979. The first-order chi connectivity index (χ1) is 11.0. The number of carbonyl (C=O) groups is 1. The first kappa shape index (κ1) is 14.7. The number of fused-ring (bicyclic) bond motifs is 1. The minimum absolute atomic E-state index is 0.164. The summed E-state index contributed by atoms with van der Waals surface area (Å²) in [7, 11) is 0. The van der Waals surface area contributed by atoms with Crippen LogP contribution in [0.25, 0.3) is 22.2 Å². The molecule has 3 N–H and O–H groups in total. The molecule has 1 aromatic carbocycles. The number of pyridine rings is 1. The maximum absolute atomic E-state index is 12.3. The smallest absolute Gasteiger partial charge is 0.341 e. The monoisotopic (exact) mass is 310 g/mol. The second-order valence-electron chi connectivity index (χ2n) is 5.00. The van der Waals surface area contributed by atoms with Gasteiger partial charge in [-0.25, -0.2) is 14.8 Å². The number of aryl methyl sites for hydroxylation is 1. The molecule has 116 valence electrons. The summed E-state index contributed by atoms with van der Waals surface area (Å²) in [5.74, 6) is -1.07. The number of hydrogen-bond donors (Lipinski definition) is 2. The fourth-order valence-electron chi connectivity index (χ4n) is 2.50. The number of nitrogens with two attached hydrogens (primary N) is 1. The Morgan fingerprint density at radius 3 is 2.78 bits per heavy atom. The molecule has 7 heteroatoms. The van der Waals surface area contributed by atoms with Crippen LogP contribution >= 0.6 is 0 Å². The summed E-state index contributed by atoms with van der Waals surface area (Å²) in [6.07, 6.45) is 2.92. The number of nitrogen functional groups attached to an aromatic ring is 1. The number of anilines is 1. The van der Waals surface area contributed by atoms with Crippen LogP contribution < -0.4 is 11.2 Å². The van der Waals surface area contributed by atoms with E-state index in [1.54, 1.807) is 35.0 Å². The number of hydrogen-bond acceptors (Lipinski definition) is 5. The molecule has 0 aliphatic carbocycles. The summed E-state index contributed by atoms with van der Waals surface area (Å²) < 4.78 is 1.73. The summed E-state index contributed by atoms with van der Waals surface area (Å²) in [6, 6.07) is 6.85. The van der Waals surface area contributed by atoms with E-state index >= 15 is 0 Å². The molecule has 3 rings (SSSR count). The highest BCUT2D eigenvalue weighted by atomic mass is 16.4. The molecule has 2 heterocycles. The van der Waals surface area contributed by atoms with E-state index in [4.69, 9.17) is 10.8 Å². The van der Waals surface area contributed by atoms with Crippen molar-refractivity contribution in [1.29, 1.82) is 0 Å². The molecular weight excluding hydrogens is 296 g/mol. The molecule has 0 fully saturated rings. The molecule has 0 bridgehead atoms. The fourth-order valence-corrected chi connectivity index (χ4v) is 2.50. The van der Waals surface area contributed by atoms with E-state index in [2.05, 4.69) is 9.97 Å². The minimum atomic E-state index is -1.23. The molecule has 3 aromatic rings. The Morgan fingerprint density at radius 1 is 1.35 bits per heavy atom. The molecule has 0 amide bonds. The van der Waals surface area contributed by atoms with Gasteiger partial charge in [0.1, 0.15) is 5.56 Å². The van der Waals surface area contributed by atoms with Crippen molar-refractivity contribution in [3.63, 3.8) is 0 Å². The van der Waals surface area contributed by atoms with Gasteiger partial charge >= 0.3 is 5.97 Å². The molecule has 0 saturated carbocycles. The van der Waals surface area contributed by atoms with Crippen molar-refractivity contribution in [1.82, 2.24) is 14.5 Å². The summed E-state index contributed by atoms with van der Waals surface area (Å²) in [5, 5.41) is 9.52. The molecule has 2 aromatic heterocycles. The van der Waals surface area contributed by atoms with E-state index in [9.17, 15) is 9.59 Å². The number of carboxylic acids is 1. The Balaban J connectivity index is 2.30. The number of carboxylic acid groups (broad SMARTS) is 1. The van der Waals surface area contributed by atoms with Crippen LogP contribution in [0.1, 0.15) is 17.3 Å². The molecule has 0 spiro atoms. The van der Waals surface area contributed by atoms with Crippen molar-refractivity contribution in [2.45, 2.75) is 13.5 Å². The molecule has 0 saturated heterocycles. The van der Waals surface area contributed by atoms with Gasteiger partial charge < -0.3 is 15.4 Å². The Morgan fingerprint density at radius 2 is 2.13 bits per heavy atom. The van der Waals surface area contributed by atoms with Gasteiger partial charge in [-0.2, -0.15) is 0 Å². The number of nitrogens with zero attached hydrogens (tertiary/aromatic N) is 3. The molecule has 0 atom stereocenters. The molecule has 0 aliphatic heterocycles. The maximum Gasteiger partial charge on any atom is 0.341 e. The Labute approximate surface area is 131 Å². The summed E-state index contributed by atoms with van der Waals surface area (Å²) >= 11 is 0. The van der Waals surface area contributed by atoms with Gasteiger partial charge in [0.25, 0.3) is 0 Å². The zero-order chi connectivity index (χ0) is 16.6. The first-order valence-electron chi connectivity index (χ1n) is 7.00. The van der Waals surface area contributed by atoms with Crippen LogP contribution in [0.15, 0.2) is 41.5 Å². The van der Waals surface area contributed by atoms with Crippen LogP contribution in [0.4, 0.5) is 5.95 Å². The quantitative estimate of drug-likeness (QED) is 0.762. The maximum atomic E-state index is 12.3. The summed E-state index contributed by atoms with van der Waals surface area (Å²) in [6.45, 7) is 2.41. The summed E-state index contributed by atoms with van der Waals surface area (Å²) in [4.78, 5) is 31.5. The second kappa shape index (κ2) is 5.53. The first-order valence-corrected chi connectivity index (χ1v) is 7.00. The lowest BCUT2D eigenvalue weighted by atomic mass is 10.1. The largest absolute Gasteiger partial charge is 0.477 e. The van der Waals surface area contributed by atoms with Crippen molar-refractivity contribution < 1.29 is 9.90 Å². The predicted octanol–water partition coefficient (Wildman–Crippen LogP) is 1.76. The standard InChI is InChI=1S/C16H14N4O3/c1-2-20-8-11(15(22)23)14(21)10-4-3-9(7-13(10)20)12-5-6-18-16(17)19-12/h3-8H,2H2,1H3,(H,22,23)(H2,17,18,19). The Hall–Kier alpha value is -3.22. The van der Waals surface area contributed by atoms with Crippen molar-refractivity contribution in [2.75, 3.05) is 5.73 Å². The highest BCUT2D eigenvalue weighted by Crippen LogP contribution is 2.22. The lowest BCUT2D eigenvalue weighted by Crippen LogP contribution is -2.18. The van der Waals surface area contributed by atoms with Gasteiger partial charge in [-0.3, -0.25) is 4.79 Å². The van der Waals surface area contributed by atoms with Gasteiger partial charge in [0, 0.05) is 29.9 Å². The van der Waals surface area contributed by atoms with E-state index in [1.807, 2.05) is 6.92 Å². The molecule has 23 heavy (non-hydrogen) atoms. The van der Waals surface area contributed by atoms with Crippen molar-refractivity contribution in [3.8, 4) is 11.3 Å². The van der Waals surface area contributed by atoms with E-state index in [0.29, 0.717) is 23.1 Å². The molecule has 7 nitrogen and oxygen atoms in total. The predicted molar refractivity (Wildman–Crippen MR) is 86.3 cm³/mol. The zero-order valence-electron chi connectivity index (χ0n) is 12.4. The summed E-state index contributed by atoms with van der Waals surface area (Å²) in [5.41, 5.74) is 6.93. The van der Waals surface area contributed by atoms with Gasteiger partial charge in [-0.15, -0.1) is 0 Å². The van der Waals surface area contributed by atoms with Crippen LogP contribution in [0.2, 0.25) is 0 Å². The van der Waals surface area contributed by atoms with E-state index in [1.165, 1.54) is 6.20 Å². The van der Waals surface area contributed by atoms with Crippen LogP contribution in [-0.4, -0.2) is 25.6 Å². The molecule has 0 aliphatic rings. The molecule has 0 unspecified atom stereocenters. The molecule has 0 radical (unpaired) electrons. The van der Waals surface area contributed by atoms with Crippen LogP contribution in [0.5, 0.6) is 0 Å². The lowest BCUT2D eigenvalue weighted by molar-refractivity contribution is 0.0695. The highest BCUT2D eigenvalue weighted by molar-refractivity contribution is 5.93. The van der Waals surface area contributed by atoms with Crippen LogP contribution in [0.3, 0.4) is 0 Å². The van der Waals surface area contributed by atoms with Gasteiger partial charge in [-0.05, 0) is 25.1 Å². The number of aromatic nitrogens is 3. The number of rotatable bonds is 3. The van der Waals surface area contributed by atoms with E-state index in [-0.39, 0.29) is 11.5 Å². The normalized spacial score (nSPS) is 10.8. The van der Waals surface area contributed by atoms with Gasteiger partial charge in [0.2, 0.25) is 11.4 Å². The third-order valence-electron chi connectivity index (χ3n) is 3.62. The van der Waals surface area contributed by atoms with Crippen molar-refractivity contribution in [3.05, 3.63) is 52.4 Å². The van der Waals surface area contributed by atoms with Crippen LogP contribution in [-0.2, 0) is 6.54 Å². The van der Waals surface area contributed by atoms with Crippen molar-refractivity contribution in [2.24, 2.45) is 0 Å². The third-order valence-corrected chi connectivity index (χ3v) is 3.62. The topological polar surface area (TPSA) is 111 Å². The lowest BCUT2D eigenvalue weighted by Gasteiger charge is -2.11. The fraction of sp³-hybridized carbons (Fsp3) is 0.125. The number of aromatic carboxylic acids is 1. The van der Waals surface area contributed by atoms with Crippen LogP contribution in [0, 0.1) is 0 Å². The zero-order valence-corrected chi connectivity index (χ0v) is 12.4. The Kier molecular flexibility index (Phi) is 3.53. The highest BCUT2D eigenvalue weighted by Gasteiger charge is 2.14. The third kappa shape index (κ3) is 2.52. The average molecular weight is 310 g/mol. The van der Waals surface area contributed by atoms with Crippen molar-refractivity contribution >= 4 is 22.8 Å². The minimum Gasteiger partial charge on any atom is -0.477 e. The van der Waals surface area contributed by atoms with E-state index in [0.717, 1.165) is 5.56 Å². The second-order valence-corrected chi connectivity index (χ2v) is 5.00. The van der Waals surface area contributed by atoms with Gasteiger partial charge in [0.15, 0.2) is 0 Å². The average Bonchev–Trinajstić information content (AvgIpc) is 2.54.